The molecule has 0 fully saturated rings. The SMILES string of the molecule is COC(=O)c1ccnc(-c2ccccc2OC)c1F. The summed E-state index contributed by atoms with van der Waals surface area (Å²) in [6.07, 6.45) is 1.36. The lowest BCUT2D eigenvalue weighted by Gasteiger charge is -2.09. The summed E-state index contributed by atoms with van der Waals surface area (Å²) in [6.45, 7) is 0. The number of methoxy groups -OCH3 is 2. The van der Waals surface area contributed by atoms with E-state index in [1.165, 1.54) is 26.5 Å². The molecule has 0 aliphatic rings. The molecular weight excluding hydrogens is 249 g/mol. The number of carbonyl (C=O) groups is 1. The number of benzene rings is 1. The third kappa shape index (κ3) is 2.40. The summed E-state index contributed by atoms with van der Waals surface area (Å²) in [4.78, 5) is 15.4. The van der Waals surface area contributed by atoms with Crippen LogP contribution in [-0.4, -0.2) is 25.2 Å². The fraction of sp³-hybridized carbons (Fsp3) is 0.143. The van der Waals surface area contributed by atoms with Crippen molar-refractivity contribution in [3.05, 3.63) is 47.9 Å². The number of carbonyl (C=O) groups excluding carboxylic acids is 1. The molecule has 2 rings (SSSR count). The Balaban J connectivity index is 2.60. The molecule has 0 N–H and O–H groups in total. The van der Waals surface area contributed by atoms with Crippen LogP contribution in [0.4, 0.5) is 4.39 Å². The molecule has 0 aliphatic carbocycles. The molecule has 5 heteroatoms. The van der Waals surface area contributed by atoms with Crippen molar-refractivity contribution >= 4 is 5.97 Å². The van der Waals surface area contributed by atoms with E-state index < -0.39 is 11.8 Å². The molecule has 4 nitrogen and oxygen atoms in total. The van der Waals surface area contributed by atoms with Gasteiger partial charge in [0.05, 0.1) is 19.8 Å². The zero-order chi connectivity index (χ0) is 13.8. The maximum absolute atomic E-state index is 14.3. The fourth-order valence-electron chi connectivity index (χ4n) is 1.74. The van der Waals surface area contributed by atoms with E-state index in [-0.39, 0.29) is 11.3 Å². The molecule has 1 aromatic carbocycles. The average Bonchev–Trinajstić information content (AvgIpc) is 2.46. The van der Waals surface area contributed by atoms with Gasteiger partial charge in [0.1, 0.15) is 11.4 Å². The molecule has 0 amide bonds. The number of hydrogen-bond acceptors (Lipinski definition) is 4. The molecule has 0 aliphatic heterocycles. The van der Waals surface area contributed by atoms with E-state index in [0.717, 1.165) is 0 Å². The van der Waals surface area contributed by atoms with E-state index >= 15 is 0 Å². The van der Waals surface area contributed by atoms with E-state index in [4.69, 9.17) is 4.74 Å². The van der Waals surface area contributed by atoms with Crippen molar-refractivity contribution in [1.29, 1.82) is 0 Å². The van der Waals surface area contributed by atoms with Crippen LogP contribution in [0.15, 0.2) is 36.5 Å². The lowest BCUT2D eigenvalue weighted by Crippen LogP contribution is -2.06. The monoisotopic (exact) mass is 261 g/mol. The van der Waals surface area contributed by atoms with Crippen LogP contribution in [-0.2, 0) is 4.74 Å². The number of para-hydroxylation sites is 1. The second-order valence-electron chi connectivity index (χ2n) is 3.71. The molecule has 0 saturated heterocycles. The van der Waals surface area contributed by atoms with Gasteiger partial charge in [0, 0.05) is 11.8 Å². The minimum Gasteiger partial charge on any atom is -0.496 e. The molecule has 0 saturated carbocycles. The van der Waals surface area contributed by atoms with E-state index in [9.17, 15) is 9.18 Å². The van der Waals surface area contributed by atoms with Crippen LogP contribution in [0.5, 0.6) is 5.75 Å². The van der Waals surface area contributed by atoms with Crippen LogP contribution in [0, 0.1) is 5.82 Å². The third-order valence-electron chi connectivity index (χ3n) is 2.66. The van der Waals surface area contributed by atoms with E-state index in [1.54, 1.807) is 24.3 Å². The average molecular weight is 261 g/mol. The third-order valence-corrected chi connectivity index (χ3v) is 2.66. The highest BCUT2D eigenvalue weighted by atomic mass is 19.1. The fourth-order valence-corrected chi connectivity index (χ4v) is 1.74. The zero-order valence-electron chi connectivity index (χ0n) is 10.5. The van der Waals surface area contributed by atoms with Gasteiger partial charge in [-0.25, -0.2) is 9.18 Å². The molecule has 0 bridgehead atoms. The molecule has 2 aromatic rings. The van der Waals surface area contributed by atoms with Crippen LogP contribution in [0.3, 0.4) is 0 Å². The Labute approximate surface area is 109 Å². The highest BCUT2D eigenvalue weighted by Crippen LogP contribution is 2.30. The molecule has 0 radical (unpaired) electrons. The van der Waals surface area contributed by atoms with Gasteiger partial charge in [-0.3, -0.25) is 4.98 Å². The Hall–Kier alpha value is -2.43. The van der Waals surface area contributed by atoms with Crippen LogP contribution < -0.4 is 4.74 Å². The molecular formula is C14H12FNO3. The number of pyridine rings is 1. The van der Waals surface area contributed by atoms with Gasteiger partial charge in [-0.2, -0.15) is 0 Å². The summed E-state index contributed by atoms with van der Waals surface area (Å²) in [7, 11) is 2.69. The van der Waals surface area contributed by atoms with Gasteiger partial charge in [0.2, 0.25) is 0 Å². The normalized spacial score (nSPS) is 10.1. The van der Waals surface area contributed by atoms with Crippen LogP contribution in [0.25, 0.3) is 11.3 Å². The quantitative estimate of drug-likeness (QED) is 0.797. The van der Waals surface area contributed by atoms with Crippen molar-refractivity contribution in [2.75, 3.05) is 14.2 Å². The molecule has 98 valence electrons. The smallest absolute Gasteiger partial charge is 0.340 e. The number of esters is 1. The molecule has 1 heterocycles. The van der Waals surface area contributed by atoms with Crippen LogP contribution in [0.2, 0.25) is 0 Å². The lowest BCUT2D eigenvalue weighted by atomic mass is 10.1. The first-order valence-electron chi connectivity index (χ1n) is 5.55. The maximum atomic E-state index is 14.3. The number of nitrogens with zero attached hydrogens (tertiary/aromatic N) is 1. The first-order valence-corrected chi connectivity index (χ1v) is 5.55. The van der Waals surface area contributed by atoms with E-state index in [0.29, 0.717) is 11.3 Å². The summed E-state index contributed by atoms with van der Waals surface area (Å²) >= 11 is 0. The molecule has 19 heavy (non-hydrogen) atoms. The molecule has 0 atom stereocenters. The first kappa shape index (κ1) is 13.0. The summed E-state index contributed by atoms with van der Waals surface area (Å²) < 4.78 is 24.0. The lowest BCUT2D eigenvalue weighted by molar-refractivity contribution is 0.0595. The van der Waals surface area contributed by atoms with Crippen LogP contribution in [0.1, 0.15) is 10.4 Å². The number of hydrogen-bond donors (Lipinski definition) is 0. The molecule has 0 unspecified atom stereocenters. The van der Waals surface area contributed by atoms with Gasteiger partial charge >= 0.3 is 5.97 Å². The van der Waals surface area contributed by atoms with Crippen molar-refractivity contribution in [3.63, 3.8) is 0 Å². The number of aromatic nitrogens is 1. The zero-order valence-corrected chi connectivity index (χ0v) is 10.5. The van der Waals surface area contributed by atoms with Gasteiger partial charge in [0.25, 0.3) is 0 Å². The van der Waals surface area contributed by atoms with Crippen molar-refractivity contribution < 1.29 is 18.7 Å². The Morgan fingerprint density at radius 3 is 2.63 bits per heavy atom. The van der Waals surface area contributed by atoms with Crippen molar-refractivity contribution in [1.82, 2.24) is 4.98 Å². The van der Waals surface area contributed by atoms with E-state index in [1.807, 2.05) is 0 Å². The molecule has 0 spiro atoms. The second-order valence-corrected chi connectivity index (χ2v) is 3.71. The summed E-state index contributed by atoms with van der Waals surface area (Å²) in [5.74, 6) is -0.981. The highest BCUT2D eigenvalue weighted by molar-refractivity contribution is 5.91. The van der Waals surface area contributed by atoms with Gasteiger partial charge in [-0.05, 0) is 18.2 Å². The van der Waals surface area contributed by atoms with Gasteiger partial charge in [0.15, 0.2) is 5.82 Å². The minimum atomic E-state index is -0.740. The van der Waals surface area contributed by atoms with Gasteiger partial charge < -0.3 is 9.47 Å². The highest BCUT2D eigenvalue weighted by Gasteiger charge is 2.19. The Morgan fingerprint density at radius 1 is 1.21 bits per heavy atom. The first-order chi connectivity index (χ1) is 9.19. The number of rotatable bonds is 3. The Kier molecular flexibility index (Phi) is 3.75. The summed E-state index contributed by atoms with van der Waals surface area (Å²) in [5, 5.41) is 0. The number of halogens is 1. The summed E-state index contributed by atoms with van der Waals surface area (Å²) in [6, 6.07) is 8.15. The van der Waals surface area contributed by atoms with Gasteiger partial charge in [-0.1, -0.05) is 12.1 Å². The number of ether oxygens (including phenoxy) is 2. The largest absolute Gasteiger partial charge is 0.496 e. The van der Waals surface area contributed by atoms with Crippen molar-refractivity contribution in [2.24, 2.45) is 0 Å². The van der Waals surface area contributed by atoms with Crippen molar-refractivity contribution in [2.45, 2.75) is 0 Å². The summed E-state index contributed by atoms with van der Waals surface area (Å²) in [5.41, 5.74) is 0.381. The van der Waals surface area contributed by atoms with Gasteiger partial charge in [-0.15, -0.1) is 0 Å². The molecule has 1 aromatic heterocycles. The predicted octanol–water partition coefficient (Wildman–Crippen LogP) is 2.68. The van der Waals surface area contributed by atoms with Crippen LogP contribution >= 0.6 is 0 Å². The Morgan fingerprint density at radius 2 is 1.95 bits per heavy atom. The van der Waals surface area contributed by atoms with E-state index in [2.05, 4.69) is 9.72 Å². The topological polar surface area (TPSA) is 48.4 Å². The second kappa shape index (κ2) is 5.48. The predicted molar refractivity (Wildman–Crippen MR) is 67.5 cm³/mol. The maximum Gasteiger partial charge on any atom is 0.340 e. The van der Waals surface area contributed by atoms with Crippen molar-refractivity contribution in [3.8, 4) is 17.0 Å². The Bertz CT molecular complexity index is 613. The minimum absolute atomic E-state index is 0.0559. The standard InChI is InChI=1S/C14H12FNO3/c1-18-11-6-4-3-5-9(11)13-12(15)10(7-8-16-13)14(17)19-2/h3-8H,1-2H3.